The molecule has 0 unspecified atom stereocenters. The summed E-state index contributed by atoms with van der Waals surface area (Å²) in [5.74, 6) is 6.04. The third-order valence-corrected chi connectivity index (χ3v) is 5.06. The van der Waals surface area contributed by atoms with Crippen molar-refractivity contribution in [1.29, 1.82) is 0 Å². The van der Waals surface area contributed by atoms with Crippen LogP contribution in [0.5, 0.6) is 0 Å². The van der Waals surface area contributed by atoms with E-state index in [-0.39, 0.29) is 18.2 Å². The summed E-state index contributed by atoms with van der Waals surface area (Å²) in [5.41, 5.74) is 5.35. The van der Waals surface area contributed by atoms with Gasteiger partial charge in [-0.15, -0.1) is 0 Å². The van der Waals surface area contributed by atoms with E-state index in [1.807, 2.05) is 41.3 Å². The monoisotopic (exact) mass is 381 g/mol. The fourth-order valence-corrected chi connectivity index (χ4v) is 3.37. The molecule has 3 N–H and O–H groups in total. The van der Waals surface area contributed by atoms with Crippen LogP contribution in [0.25, 0.3) is 0 Å². The summed E-state index contributed by atoms with van der Waals surface area (Å²) in [5, 5.41) is 0. The molecule has 1 aromatic carbocycles. The zero-order valence-electron chi connectivity index (χ0n) is 16.2. The molecule has 0 saturated carbocycles. The molecule has 0 spiro atoms. The van der Waals surface area contributed by atoms with Gasteiger partial charge in [0.15, 0.2) is 0 Å². The number of aryl methyl sites for hydroxylation is 2. The molecule has 0 bridgehead atoms. The summed E-state index contributed by atoms with van der Waals surface area (Å²) in [6.07, 6.45) is 2.03. The fraction of sp³-hybridized carbons (Fsp3) is 0.381. The number of benzene rings is 1. The Bertz CT molecular complexity index is 814. The van der Waals surface area contributed by atoms with Gasteiger partial charge in [0.05, 0.1) is 6.42 Å². The van der Waals surface area contributed by atoms with E-state index in [9.17, 15) is 9.59 Å². The Morgan fingerprint density at radius 3 is 2.32 bits per heavy atom. The molecule has 1 aliphatic heterocycles. The molecule has 28 heavy (non-hydrogen) atoms. The Kier molecular flexibility index (Phi) is 6.60. The highest BCUT2D eigenvalue weighted by Crippen LogP contribution is 2.16. The quantitative estimate of drug-likeness (QED) is 0.444. The molecule has 1 saturated heterocycles. The van der Waals surface area contributed by atoms with E-state index in [4.69, 9.17) is 10.8 Å². The Balaban J connectivity index is 1.55. The van der Waals surface area contributed by atoms with Gasteiger partial charge in [0.2, 0.25) is 11.8 Å². The first-order valence-electron chi connectivity index (χ1n) is 9.59. The molecular weight excluding hydrogens is 354 g/mol. The standard InChI is InChI=1S/C21H27N5O2/c1-16(27)25-11-13-26(14-12-25)20-4-2-3-19(23-20)10-9-17-5-7-18(8-6-17)15-21(28)24-22/h2-8H,9-15,22H2,1H3,(H,24,28). The van der Waals surface area contributed by atoms with Crippen LogP contribution in [-0.2, 0) is 28.9 Å². The van der Waals surface area contributed by atoms with Crippen LogP contribution >= 0.6 is 0 Å². The van der Waals surface area contributed by atoms with Crippen molar-refractivity contribution in [1.82, 2.24) is 15.3 Å². The third kappa shape index (κ3) is 5.29. The summed E-state index contributed by atoms with van der Waals surface area (Å²) >= 11 is 0. The molecular formula is C21H27N5O2. The number of amides is 2. The lowest BCUT2D eigenvalue weighted by molar-refractivity contribution is -0.129. The number of carbonyl (C=O) groups excluding carboxylic acids is 2. The van der Waals surface area contributed by atoms with Crippen molar-refractivity contribution in [2.24, 2.45) is 5.84 Å². The lowest BCUT2D eigenvalue weighted by Crippen LogP contribution is -2.48. The van der Waals surface area contributed by atoms with Gasteiger partial charge in [-0.3, -0.25) is 15.0 Å². The van der Waals surface area contributed by atoms with Crippen molar-refractivity contribution in [3.63, 3.8) is 0 Å². The van der Waals surface area contributed by atoms with Crippen LogP contribution < -0.4 is 16.2 Å². The first-order chi connectivity index (χ1) is 13.5. The van der Waals surface area contributed by atoms with Crippen molar-refractivity contribution in [3.05, 3.63) is 59.3 Å². The van der Waals surface area contributed by atoms with Gasteiger partial charge in [0, 0.05) is 38.8 Å². The average molecular weight is 381 g/mol. The van der Waals surface area contributed by atoms with Gasteiger partial charge in [-0.05, 0) is 36.1 Å². The summed E-state index contributed by atoms with van der Waals surface area (Å²) < 4.78 is 0. The van der Waals surface area contributed by atoms with Crippen LogP contribution in [0.3, 0.4) is 0 Å². The van der Waals surface area contributed by atoms with E-state index >= 15 is 0 Å². The zero-order chi connectivity index (χ0) is 19.9. The molecule has 2 aromatic rings. The smallest absolute Gasteiger partial charge is 0.238 e. The molecule has 0 aliphatic carbocycles. The number of piperazine rings is 1. The minimum atomic E-state index is -0.196. The number of rotatable bonds is 6. The molecule has 148 valence electrons. The van der Waals surface area contributed by atoms with Crippen LogP contribution in [0.2, 0.25) is 0 Å². The Morgan fingerprint density at radius 1 is 1.00 bits per heavy atom. The fourth-order valence-electron chi connectivity index (χ4n) is 3.37. The SMILES string of the molecule is CC(=O)N1CCN(c2cccc(CCc3ccc(CC(=O)NN)cc3)n2)CC1. The maximum absolute atomic E-state index is 11.5. The van der Waals surface area contributed by atoms with Crippen molar-refractivity contribution in [3.8, 4) is 0 Å². The number of hydrazine groups is 1. The average Bonchev–Trinajstić information content (AvgIpc) is 2.73. The van der Waals surface area contributed by atoms with Crippen LogP contribution in [0.1, 0.15) is 23.7 Å². The lowest BCUT2D eigenvalue weighted by atomic mass is 10.0. The molecule has 1 aromatic heterocycles. The van der Waals surface area contributed by atoms with Gasteiger partial charge in [0.1, 0.15) is 5.82 Å². The molecule has 2 amide bonds. The Labute approximate surface area is 165 Å². The minimum absolute atomic E-state index is 0.135. The van der Waals surface area contributed by atoms with Gasteiger partial charge in [-0.2, -0.15) is 0 Å². The minimum Gasteiger partial charge on any atom is -0.353 e. The number of nitrogens with two attached hydrogens (primary N) is 1. The molecule has 7 nitrogen and oxygen atoms in total. The lowest BCUT2D eigenvalue weighted by Gasteiger charge is -2.35. The second-order valence-corrected chi connectivity index (χ2v) is 7.04. The topological polar surface area (TPSA) is 91.6 Å². The molecule has 0 radical (unpaired) electrons. The number of anilines is 1. The largest absolute Gasteiger partial charge is 0.353 e. The van der Waals surface area contributed by atoms with Gasteiger partial charge < -0.3 is 9.80 Å². The number of nitrogens with zero attached hydrogens (tertiary/aromatic N) is 3. The highest BCUT2D eigenvalue weighted by molar-refractivity contribution is 5.77. The van der Waals surface area contributed by atoms with Gasteiger partial charge in [-0.25, -0.2) is 10.8 Å². The molecule has 1 aliphatic rings. The molecule has 0 atom stereocenters. The van der Waals surface area contributed by atoms with Gasteiger partial charge in [0.25, 0.3) is 0 Å². The highest BCUT2D eigenvalue weighted by Gasteiger charge is 2.19. The first-order valence-corrected chi connectivity index (χ1v) is 9.59. The summed E-state index contributed by atoms with van der Waals surface area (Å²) in [7, 11) is 0. The summed E-state index contributed by atoms with van der Waals surface area (Å²) in [6, 6.07) is 14.1. The first kappa shape index (κ1) is 19.8. The highest BCUT2D eigenvalue weighted by atomic mass is 16.2. The van der Waals surface area contributed by atoms with E-state index in [1.54, 1.807) is 6.92 Å². The second kappa shape index (κ2) is 9.32. The van der Waals surface area contributed by atoms with Crippen molar-refractivity contribution in [2.75, 3.05) is 31.1 Å². The maximum Gasteiger partial charge on any atom is 0.238 e. The Hall–Kier alpha value is -2.93. The molecule has 7 heteroatoms. The van der Waals surface area contributed by atoms with E-state index in [0.717, 1.165) is 56.1 Å². The molecule has 3 rings (SSSR count). The van der Waals surface area contributed by atoms with Gasteiger partial charge in [-0.1, -0.05) is 30.3 Å². The van der Waals surface area contributed by atoms with Gasteiger partial charge >= 0.3 is 0 Å². The predicted octanol–water partition coefficient (Wildman–Crippen LogP) is 1.07. The normalized spacial score (nSPS) is 14.1. The van der Waals surface area contributed by atoms with Crippen molar-refractivity contribution >= 4 is 17.6 Å². The third-order valence-electron chi connectivity index (χ3n) is 5.06. The van der Waals surface area contributed by atoms with Crippen molar-refractivity contribution in [2.45, 2.75) is 26.2 Å². The summed E-state index contributed by atoms with van der Waals surface area (Å²) in [6.45, 7) is 4.74. The van der Waals surface area contributed by atoms with Crippen LogP contribution in [0.15, 0.2) is 42.5 Å². The molecule has 2 heterocycles. The second-order valence-electron chi connectivity index (χ2n) is 7.04. The summed E-state index contributed by atoms with van der Waals surface area (Å²) in [4.78, 5) is 31.7. The number of carbonyl (C=O) groups is 2. The zero-order valence-corrected chi connectivity index (χ0v) is 16.2. The molecule has 1 fully saturated rings. The number of aromatic nitrogens is 1. The predicted molar refractivity (Wildman–Crippen MR) is 109 cm³/mol. The van der Waals surface area contributed by atoms with E-state index in [2.05, 4.69) is 16.4 Å². The van der Waals surface area contributed by atoms with Crippen LogP contribution in [0, 0.1) is 0 Å². The van der Waals surface area contributed by atoms with Crippen LogP contribution in [0.4, 0.5) is 5.82 Å². The number of hydrogen-bond acceptors (Lipinski definition) is 5. The van der Waals surface area contributed by atoms with Crippen molar-refractivity contribution < 1.29 is 9.59 Å². The van der Waals surface area contributed by atoms with E-state index in [1.165, 1.54) is 5.56 Å². The maximum atomic E-state index is 11.5. The van der Waals surface area contributed by atoms with E-state index in [0.29, 0.717) is 0 Å². The Morgan fingerprint density at radius 2 is 1.68 bits per heavy atom. The number of pyridine rings is 1. The number of hydrogen-bond donors (Lipinski definition) is 2. The number of nitrogens with one attached hydrogen (secondary N) is 1. The van der Waals surface area contributed by atoms with Crippen LogP contribution in [-0.4, -0.2) is 47.9 Å². The van der Waals surface area contributed by atoms with E-state index < -0.39 is 0 Å².